The lowest BCUT2D eigenvalue weighted by atomic mass is 10.0. The van der Waals surface area contributed by atoms with E-state index in [0.29, 0.717) is 11.3 Å². The Morgan fingerprint density at radius 2 is 1.86 bits per heavy atom. The van der Waals surface area contributed by atoms with Gasteiger partial charge in [0.1, 0.15) is 11.3 Å². The van der Waals surface area contributed by atoms with Gasteiger partial charge in [-0.2, -0.15) is 0 Å². The minimum Gasteiger partial charge on any atom is -0.536 e. The second kappa shape index (κ2) is 5.07. The van der Waals surface area contributed by atoms with E-state index in [9.17, 15) is 0 Å². The van der Waals surface area contributed by atoms with Crippen molar-refractivity contribution in [1.29, 1.82) is 0 Å². The van der Waals surface area contributed by atoms with Crippen molar-refractivity contribution in [3.63, 3.8) is 0 Å². The fourth-order valence-corrected chi connectivity index (χ4v) is 3.13. The summed E-state index contributed by atoms with van der Waals surface area (Å²) in [5.74, 6) is 0.578. The van der Waals surface area contributed by atoms with Crippen LogP contribution in [0, 0.1) is 0 Å². The molecule has 0 saturated carbocycles. The van der Waals surface area contributed by atoms with Crippen molar-refractivity contribution < 1.29 is 14.1 Å². The number of fused-ring (bicyclic) bond motifs is 5. The predicted molar refractivity (Wildman–Crippen MR) is 90.6 cm³/mol. The third-order valence-electron chi connectivity index (χ3n) is 4.14. The van der Waals surface area contributed by atoms with Crippen LogP contribution in [0.3, 0.4) is 0 Å². The minimum atomic E-state index is -0.370. The first-order chi connectivity index (χ1) is 10.8. The summed E-state index contributed by atoms with van der Waals surface area (Å²) in [5, 5.41) is 13.5. The lowest BCUT2D eigenvalue weighted by Crippen LogP contribution is -1.99. The fourth-order valence-electron chi connectivity index (χ4n) is 3.13. The van der Waals surface area contributed by atoms with Gasteiger partial charge in [0.25, 0.3) is 0 Å². The summed E-state index contributed by atoms with van der Waals surface area (Å²) in [6, 6.07) is 16.3. The number of hydrogen-bond donors (Lipinski definition) is 1. The normalized spacial score (nSPS) is 11.4. The molecule has 0 radical (unpaired) electrons. The maximum Gasteiger partial charge on any atom is 0.504 e. The number of benzene rings is 3. The Kier molecular flexibility index (Phi) is 3.05. The molecule has 0 saturated heterocycles. The number of rotatable bonds is 3. The molecule has 1 heterocycles. The largest absolute Gasteiger partial charge is 0.536 e. The number of para-hydroxylation sites is 1. The van der Waals surface area contributed by atoms with Gasteiger partial charge in [0, 0.05) is 10.8 Å². The van der Waals surface area contributed by atoms with Crippen LogP contribution in [0.1, 0.15) is 12.5 Å². The Hall–Kier alpha value is -2.46. The van der Waals surface area contributed by atoms with E-state index < -0.39 is 0 Å². The van der Waals surface area contributed by atoms with E-state index in [1.54, 1.807) is 0 Å². The van der Waals surface area contributed by atoms with Crippen molar-refractivity contribution >= 4 is 40.4 Å². The van der Waals surface area contributed by atoms with Gasteiger partial charge in [0.2, 0.25) is 0 Å². The summed E-state index contributed by atoms with van der Waals surface area (Å²) in [6.45, 7) is 2.12. The number of aryl methyl sites for hydroxylation is 1. The summed E-state index contributed by atoms with van der Waals surface area (Å²) >= 11 is 0. The molecule has 108 valence electrons. The summed E-state index contributed by atoms with van der Waals surface area (Å²) in [6.07, 6.45) is 0.908. The average molecular weight is 290 g/mol. The maximum absolute atomic E-state index is 9.16. The zero-order valence-electron chi connectivity index (χ0n) is 12.3. The quantitative estimate of drug-likeness (QED) is 0.581. The first-order valence-corrected chi connectivity index (χ1v) is 7.43. The maximum atomic E-state index is 9.16. The number of furan rings is 1. The van der Waals surface area contributed by atoms with Gasteiger partial charge in [-0.15, -0.1) is 0 Å². The third kappa shape index (κ3) is 1.81. The molecule has 0 bridgehead atoms. The highest BCUT2D eigenvalue weighted by Gasteiger charge is 2.17. The molecule has 0 aliphatic rings. The van der Waals surface area contributed by atoms with Gasteiger partial charge in [0.15, 0.2) is 5.58 Å². The second-order valence-corrected chi connectivity index (χ2v) is 5.32. The van der Waals surface area contributed by atoms with Gasteiger partial charge < -0.3 is 14.1 Å². The molecule has 0 aliphatic carbocycles. The van der Waals surface area contributed by atoms with E-state index >= 15 is 0 Å². The van der Waals surface area contributed by atoms with Gasteiger partial charge in [-0.05, 0) is 28.8 Å². The highest BCUT2D eigenvalue weighted by molar-refractivity contribution is 6.23. The number of hydrogen-bond acceptors (Lipinski definition) is 3. The van der Waals surface area contributed by atoms with Crippen LogP contribution in [0.2, 0.25) is 0 Å². The first-order valence-electron chi connectivity index (χ1n) is 7.43. The van der Waals surface area contributed by atoms with Gasteiger partial charge in [-0.1, -0.05) is 49.4 Å². The molecular weight excluding hydrogens is 275 g/mol. The monoisotopic (exact) mass is 290 g/mol. The lowest BCUT2D eigenvalue weighted by molar-refractivity contribution is 0.451. The van der Waals surface area contributed by atoms with Crippen molar-refractivity contribution in [3.05, 3.63) is 54.1 Å². The Balaban J connectivity index is 2.25. The summed E-state index contributed by atoms with van der Waals surface area (Å²) < 4.78 is 11.5. The molecular formula is C18H15BO3. The van der Waals surface area contributed by atoms with Crippen LogP contribution in [-0.2, 0) is 6.42 Å². The molecule has 4 aromatic rings. The summed E-state index contributed by atoms with van der Waals surface area (Å²) in [4.78, 5) is 0. The first kappa shape index (κ1) is 13.2. The van der Waals surface area contributed by atoms with Gasteiger partial charge >= 0.3 is 7.69 Å². The Bertz CT molecular complexity index is 988. The van der Waals surface area contributed by atoms with E-state index in [0.717, 1.165) is 33.5 Å². The van der Waals surface area contributed by atoms with Crippen molar-refractivity contribution in [2.75, 3.05) is 0 Å². The smallest absolute Gasteiger partial charge is 0.504 e. The van der Waals surface area contributed by atoms with Crippen molar-refractivity contribution in [2.24, 2.45) is 0 Å². The average Bonchev–Trinajstić information content (AvgIpc) is 2.95. The molecule has 4 rings (SSSR count). The molecule has 3 nitrogen and oxygen atoms in total. The molecule has 0 aliphatic heterocycles. The van der Waals surface area contributed by atoms with Gasteiger partial charge in [-0.25, -0.2) is 0 Å². The molecule has 0 fully saturated rings. The minimum absolute atomic E-state index is 0.370. The van der Waals surface area contributed by atoms with E-state index in [1.807, 2.05) is 24.3 Å². The predicted octanol–water partition coefficient (Wildman–Crippen LogP) is 3.94. The SMILES string of the molecule is CCc1cccc2c1oc1c(OBO)cc3ccccc3c12. The molecule has 0 unspecified atom stereocenters. The van der Waals surface area contributed by atoms with Crippen LogP contribution >= 0.6 is 0 Å². The molecule has 3 aromatic carbocycles. The molecule has 1 N–H and O–H groups in total. The van der Waals surface area contributed by atoms with Crippen LogP contribution in [0.5, 0.6) is 5.75 Å². The molecule has 0 atom stereocenters. The highest BCUT2D eigenvalue weighted by Crippen LogP contribution is 2.41. The fraction of sp³-hybridized carbons (Fsp3) is 0.111. The van der Waals surface area contributed by atoms with Crippen LogP contribution in [0.4, 0.5) is 0 Å². The Morgan fingerprint density at radius 3 is 2.68 bits per heavy atom. The van der Waals surface area contributed by atoms with E-state index in [4.69, 9.17) is 14.1 Å². The zero-order valence-corrected chi connectivity index (χ0v) is 12.3. The van der Waals surface area contributed by atoms with Crippen molar-refractivity contribution in [1.82, 2.24) is 0 Å². The van der Waals surface area contributed by atoms with Crippen LogP contribution < -0.4 is 4.65 Å². The summed E-state index contributed by atoms with van der Waals surface area (Å²) in [5.41, 5.74) is 2.77. The van der Waals surface area contributed by atoms with Crippen molar-refractivity contribution in [2.45, 2.75) is 13.3 Å². The Morgan fingerprint density at radius 1 is 1.05 bits per heavy atom. The molecule has 0 amide bonds. The van der Waals surface area contributed by atoms with E-state index in [-0.39, 0.29) is 7.69 Å². The highest BCUT2D eigenvalue weighted by atomic mass is 16.5. The van der Waals surface area contributed by atoms with E-state index in [1.165, 1.54) is 5.56 Å². The molecule has 1 aromatic heterocycles. The molecule has 22 heavy (non-hydrogen) atoms. The van der Waals surface area contributed by atoms with Crippen LogP contribution in [0.15, 0.2) is 52.9 Å². The lowest BCUT2D eigenvalue weighted by Gasteiger charge is -2.06. The van der Waals surface area contributed by atoms with Crippen LogP contribution in [0.25, 0.3) is 32.7 Å². The van der Waals surface area contributed by atoms with Gasteiger partial charge in [-0.3, -0.25) is 0 Å². The van der Waals surface area contributed by atoms with Gasteiger partial charge in [0.05, 0.1) is 0 Å². The summed E-state index contributed by atoms with van der Waals surface area (Å²) in [7, 11) is -0.370. The third-order valence-corrected chi connectivity index (χ3v) is 4.14. The standard InChI is InChI=1S/C18H15BO3/c1-2-11-7-5-9-14-16-13-8-4-3-6-12(13)10-15(22-19-20)18(16)21-17(11)14/h3-10,19-20H,2H2,1H3. The molecule has 0 spiro atoms. The zero-order chi connectivity index (χ0) is 15.1. The Labute approximate surface area is 128 Å². The van der Waals surface area contributed by atoms with Crippen LogP contribution in [-0.4, -0.2) is 12.7 Å². The molecule has 4 heteroatoms. The second-order valence-electron chi connectivity index (χ2n) is 5.32. The van der Waals surface area contributed by atoms with Crippen molar-refractivity contribution in [3.8, 4) is 5.75 Å². The topological polar surface area (TPSA) is 42.6 Å². The van der Waals surface area contributed by atoms with E-state index in [2.05, 4.69) is 31.2 Å².